The summed E-state index contributed by atoms with van der Waals surface area (Å²) in [5.74, 6) is -1.00. The first kappa shape index (κ1) is 16.2. The molecule has 0 aliphatic heterocycles. The van der Waals surface area contributed by atoms with Crippen molar-refractivity contribution in [3.8, 4) is 0 Å². The zero-order chi connectivity index (χ0) is 15.6. The highest BCUT2D eigenvalue weighted by Crippen LogP contribution is 2.26. The zero-order valence-corrected chi connectivity index (χ0v) is 12.8. The summed E-state index contributed by atoms with van der Waals surface area (Å²) in [6.45, 7) is 3.08. The second kappa shape index (κ2) is 5.66. The summed E-state index contributed by atoms with van der Waals surface area (Å²) in [7, 11) is -0.143. The van der Waals surface area contributed by atoms with Gasteiger partial charge in [0.15, 0.2) is 0 Å². The molecule has 20 heavy (non-hydrogen) atoms. The van der Waals surface area contributed by atoms with E-state index in [9.17, 15) is 18.3 Å². The molecule has 0 aliphatic carbocycles. The van der Waals surface area contributed by atoms with Crippen LogP contribution in [0.3, 0.4) is 0 Å². The Balaban J connectivity index is 3.27. The molecule has 6 heteroatoms. The molecule has 1 aromatic rings. The molecular weight excluding hydrogens is 278 g/mol. The van der Waals surface area contributed by atoms with Crippen molar-refractivity contribution in [3.05, 3.63) is 41.4 Å². The van der Waals surface area contributed by atoms with E-state index < -0.39 is 21.2 Å². The van der Waals surface area contributed by atoms with Gasteiger partial charge in [0.1, 0.15) is 0 Å². The van der Waals surface area contributed by atoms with Gasteiger partial charge in [0.05, 0.1) is 15.7 Å². The van der Waals surface area contributed by atoms with Crippen molar-refractivity contribution in [1.82, 2.24) is 4.90 Å². The fourth-order valence-electron chi connectivity index (χ4n) is 1.47. The van der Waals surface area contributed by atoms with Gasteiger partial charge < -0.3 is 10.0 Å². The molecule has 0 heterocycles. The van der Waals surface area contributed by atoms with E-state index in [0.29, 0.717) is 5.56 Å². The highest BCUT2D eigenvalue weighted by Gasteiger charge is 2.30. The Labute approximate surface area is 119 Å². The molecule has 0 radical (unpaired) electrons. The van der Waals surface area contributed by atoms with Crippen LogP contribution >= 0.6 is 0 Å². The minimum absolute atomic E-state index is 0.0856. The summed E-state index contributed by atoms with van der Waals surface area (Å²) in [6.07, 6.45) is 1.43. The van der Waals surface area contributed by atoms with Crippen LogP contribution in [0.15, 0.2) is 40.8 Å². The smallest absolute Gasteiger partial charge is 0.313 e. The van der Waals surface area contributed by atoms with Crippen molar-refractivity contribution < 1.29 is 18.3 Å². The Hall–Kier alpha value is -1.82. The fourth-order valence-corrected chi connectivity index (χ4v) is 2.59. The Kier molecular flexibility index (Phi) is 4.60. The second-order valence-corrected chi connectivity index (χ2v) is 7.09. The van der Waals surface area contributed by atoms with Gasteiger partial charge in [-0.25, -0.2) is 8.42 Å². The summed E-state index contributed by atoms with van der Waals surface area (Å²) in [5, 5.41) is 10.3. The van der Waals surface area contributed by atoms with Gasteiger partial charge in [0, 0.05) is 20.3 Å². The molecule has 0 saturated carbocycles. The van der Waals surface area contributed by atoms with Crippen LogP contribution in [-0.4, -0.2) is 38.5 Å². The maximum absolute atomic E-state index is 12.1. The molecule has 0 unspecified atom stereocenters. The fraction of sp³-hybridized carbons (Fsp3) is 0.357. The summed E-state index contributed by atoms with van der Waals surface area (Å²) in [5.41, 5.74) is -0.694. The van der Waals surface area contributed by atoms with Gasteiger partial charge in [-0.15, -0.1) is 0 Å². The van der Waals surface area contributed by atoms with Crippen LogP contribution in [0.25, 0.3) is 0 Å². The normalized spacial score (nSPS) is 12.6. The number of benzene rings is 1. The van der Waals surface area contributed by atoms with Crippen LogP contribution < -0.4 is 0 Å². The van der Waals surface area contributed by atoms with Crippen molar-refractivity contribution >= 4 is 15.8 Å². The highest BCUT2D eigenvalue weighted by molar-refractivity contribution is 7.94. The number of sulfone groups is 1. The van der Waals surface area contributed by atoms with Gasteiger partial charge >= 0.3 is 5.97 Å². The average molecular weight is 297 g/mol. The number of carboxylic acid groups (broad SMARTS) is 1. The van der Waals surface area contributed by atoms with Gasteiger partial charge in [-0.05, 0) is 31.5 Å². The largest absolute Gasteiger partial charge is 0.481 e. The molecular formula is C14H19NO4S. The van der Waals surface area contributed by atoms with Gasteiger partial charge in [-0.1, -0.05) is 12.1 Å². The van der Waals surface area contributed by atoms with E-state index in [1.807, 2.05) is 0 Å². The number of carbonyl (C=O) groups is 1. The molecule has 0 spiro atoms. The van der Waals surface area contributed by atoms with Crippen LogP contribution in [0.4, 0.5) is 0 Å². The molecule has 0 aromatic heterocycles. The van der Waals surface area contributed by atoms with E-state index in [1.54, 1.807) is 31.1 Å². The lowest BCUT2D eigenvalue weighted by Gasteiger charge is -2.20. The molecule has 0 fully saturated rings. The molecule has 1 aromatic carbocycles. The number of rotatable bonds is 5. The topological polar surface area (TPSA) is 74.7 Å². The van der Waals surface area contributed by atoms with Crippen LogP contribution in [0.5, 0.6) is 0 Å². The van der Waals surface area contributed by atoms with E-state index in [1.165, 1.54) is 32.2 Å². The van der Waals surface area contributed by atoms with E-state index >= 15 is 0 Å². The number of hydrogen-bond donors (Lipinski definition) is 1. The minimum Gasteiger partial charge on any atom is -0.481 e. The zero-order valence-electron chi connectivity index (χ0n) is 12.0. The number of carboxylic acids is 1. The van der Waals surface area contributed by atoms with Crippen LogP contribution in [0, 0.1) is 0 Å². The first-order chi connectivity index (χ1) is 9.07. The van der Waals surface area contributed by atoms with Gasteiger partial charge in [0.2, 0.25) is 9.84 Å². The molecule has 1 rings (SSSR count). The first-order valence-electron chi connectivity index (χ1n) is 6.01. The molecule has 5 nitrogen and oxygen atoms in total. The second-order valence-electron chi connectivity index (χ2n) is 5.25. The third-order valence-electron chi connectivity index (χ3n) is 2.96. The van der Waals surface area contributed by atoms with Crippen molar-refractivity contribution in [3.63, 3.8) is 0 Å². The van der Waals surface area contributed by atoms with Gasteiger partial charge in [-0.3, -0.25) is 4.79 Å². The number of aliphatic carboxylic acids is 1. The predicted octanol–water partition coefficient (Wildman–Crippen LogP) is 1.86. The quantitative estimate of drug-likeness (QED) is 0.898. The van der Waals surface area contributed by atoms with E-state index in [-0.39, 0.29) is 4.90 Å². The molecule has 0 amide bonds. The first-order valence-corrected chi connectivity index (χ1v) is 7.55. The molecule has 1 N–H and O–H groups in total. The van der Waals surface area contributed by atoms with Crippen LogP contribution in [0.1, 0.15) is 19.4 Å². The maximum atomic E-state index is 12.1. The molecule has 0 atom stereocenters. The molecule has 0 bridgehead atoms. The molecule has 0 aliphatic rings. The lowest BCUT2D eigenvalue weighted by molar-refractivity contribution is -0.142. The Morgan fingerprint density at radius 3 is 2.40 bits per heavy atom. The van der Waals surface area contributed by atoms with Crippen molar-refractivity contribution in [2.75, 3.05) is 14.1 Å². The van der Waals surface area contributed by atoms with Gasteiger partial charge in [0.25, 0.3) is 0 Å². The van der Waals surface area contributed by atoms with Crippen LogP contribution in [-0.2, 0) is 20.0 Å². The maximum Gasteiger partial charge on any atom is 0.313 e. The van der Waals surface area contributed by atoms with Crippen molar-refractivity contribution in [2.45, 2.75) is 24.2 Å². The monoisotopic (exact) mass is 297 g/mol. The summed E-state index contributed by atoms with van der Waals surface area (Å²) in [4.78, 5) is 12.9. The predicted molar refractivity (Wildman–Crippen MR) is 77.1 cm³/mol. The number of nitrogens with zero attached hydrogens (tertiary/aromatic N) is 1. The van der Waals surface area contributed by atoms with Crippen molar-refractivity contribution in [1.29, 1.82) is 0 Å². The summed E-state index contributed by atoms with van der Waals surface area (Å²) >= 11 is 0. The lowest BCUT2D eigenvalue weighted by atomic mass is 9.85. The molecule has 110 valence electrons. The third kappa shape index (κ3) is 3.60. The lowest BCUT2D eigenvalue weighted by Crippen LogP contribution is -2.28. The summed E-state index contributed by atoms with van der Waals surface area (Å²) in [6, 6.07) is 6.03. The third-order valence-corrected chi connectivity index (χ3v) is 4.35. The van der Waals surface area contributed by atoms with Crippen molar-refractivity contribution in [2.24, 2.45) is 0 Å². The van der Waals surface area contributed by atoms with Gasteiger partial charge in [-0.2, -0.15) is 0 Å². The van der Waals surface area contributed by atoms with Crippen LogP contribution in [0.2, 0.25) is 0 Å². The Bertz CT molecular complexity index is 630. The Morgan fingerprint density at radius 2 is 1.90 bits per heavy atom. The highest BCUT2D eigenvalue weighted by atomic mass is 32.2. The number of hydrogen-bond acceptors (Lipinski definition) is 4. The van der Waals surface area contributed by atoms with E-state index in [4.69, 9.17) is 0 Å². The standard InChI is InChI=1S/C14H19NO4S/c1-14(2,13(16)17)11-6-5-7-12(10-11)20(18,19)9-8-15(3)4/h5-10H,1-4H3,(H,16,17). The molecule has 0 saturated heterocycles. The average Bonchev–Trinajstić information content (AvgIpc) is 2.36. The van der Waals surface area contributed by atoms with E-state index in [2.05, 4.69) is 0 Å². The summed E-state index contributed by atoms with van der Waals surface area (Å²) < 4.78 is 24.2. The van der Waals surface area contributed by atoms with E-state index in [0.717, 1.165) is 5.41 Å². The Morgan fingerprint density at radius 1 is 1.30 bits per heavy atom. The SMILES string of the molecule is CN(C)C=CS(=O)(=O)c1cccc(C(C)(C)C(=O)O)c1. The minimum atomic E-state index is -3.58.